The first-order valence-electron chi connectivity index (χ1n) is 5.35. The molecule has 1 aromatic heterocycles. The molecule has 92 valence electrons. The van der Waals surface area contributed by atoms with Crippen molar-refractivity contribution in [3.63, 3.8) is 0 Å². The molecule has 17 heavy (non-hydrogen) atoms. The third kappa shape index (κ3) is 2.76. The van der Waals surface area contributed by atoms with E-state index in [1.165, 1.54) is 10.8 Å². The molecule has 1 aliphatic rings. The molecule has 2 heterocycles. The first kappa shape index (κ1) is 12.3. The van der Waals surface area contributed by atoms with Gasteiger partial charge >= 0.3 is 5.69 Å². The Morgan fingerprint density at radius 2 is 2.00 bits per heavy atom. The number of likely N-dealkylation sites (tertiary alicyclic amines) is 1. The zero-order valence-electron chi connectivity index (χ0n) is 9.11. The molecule has 1 N–H and O–H groups in total. The summed E-state index contributed by atoms with van der Waals surface area (Å²) in [6.07, 6.45) is 3.45. The highest BCUT2D eigenvalue weighted by Gasteiger charge is 2.18. The van der Waals surface area contributed by atoms with Crippen molar-refractivity contribution in [3.8, 4) is 0 Å². The molecule has 0 radical (unpaired) electrons. The Morgan fingerprint density at radius 1 is 1.35 bits per heavy atom. The average Bonchev–Trinajstić information content (AvgIpc) is 2.79. The van der Waals surface area contributed by atoms with E-state index in [1.54, 1.807) is 4.90 Å². The molecule has 0 aromatic carbocycles. The fraction of sp³-hybridized carbons (Fsp3) is 0.500. The maximum Gasteiger partial charge on any atom is 0.328 e. The molecule has 0 unspecified atom stereocenters. The van der Waals surface area contributed by atoms with Gasteiger partial charge in [-0.05, 0) is 35.4 Å². The van der Waals surface area contributed by atoms with Crippen LogP contribution in [0.3, 0.4) is 0 Å². The zero-order valence-corrected chi connectivity index (χ0v) is 11.3. The number of H-pyrrole nitrogens is 1. The van der Waals surface area contributed by atoms with E-state index in [1.807, 2.05) is 22.6 Å². The maximum atomic E-state index is 11.8. The van der Waals surface area contributed by atoms with Crippen LogP contribution in [0.25, 0.3) is 0 Å². The van der Waals surface area contributed by atoms with Crippen LogP contribution < -0.4 is 11.2 Å². The molecule has 1 saturated heterocycles. The molecule has 1 fully saturated rings. The molecule has 1 aliphatic heterocycles. The third-order valence-corrected chi connectivity index (χ3v) is 3.50. The number of amides is 1. The number of carbonyl (C=O) groups excluding carboxylic acids is 1. The van der Waals surface area contributed by atoms with Crippen molar-refractivity contribution in [2.24, 2.45) is 0 Å². The van der Waals surface area contributed by atoms with Gasteiger partial charge in [-0.3, -0.25) is 19.1 Å². The summed E-state index contributed by atoms with van der Waals surface area (Å²) in [5, 5.41) is 0. The first-order valence-corrected chi connectivity index (χ1v) is 6.43. The van der Waals surface area contributed by atoms with Crippen molar-refractivity contribution in [1.29, 1.82) is 0 Å². The fourth-order valence-corrected chi connectivity index (χ4v) is 2.28. The predicted molar refractivity (Wildman–Crippen MR) is 69.9 cm³/mol. The second kappa shape index (κ2) is 5.03. The van der Waals surface area contributed by atoms with Crippen molar-refractivity contribution < 1.29 is 4.79 Å². The van der Waals surface area contributed by atoms with E-state index in [2.05, 4.69) is 4.98 Å². The number of aromatic amines is 1. The van der Waals surface area contributed by atoms with Crippen molar-refractivity contribution in [2.75, 3.05) is 13.1 Å². The summed E-state index contributed by atoms with van der Waals surface area (Å²) < 4.78 is 1.64. The maximum absolute atomic E-state index is 11.8. The van der Waals surface area contributed by atoms with Crippen LogP contribution in [0.1, 0.15) is 12.8 Å². The number of rotatable bonds is 2. The van der Waals surface area contributed by atoms with Crippen LogP contribution in [0.2, 0.25) is 0 Å². The Kier molecular flexibility index (Phi) is 3.65. The summed E-state index contributed by atoms with van der Waals surface area (Å²) in [6, 6.07) is 0. The molecule has 0 saturated carbocycles. The van der Waals surface area contributed by atoms with Crippen molar-refractivity contribution in [1.82, 2.24) is 14.5 Å². The number of nitrogens with one attached hydrogen (secondary N) is 1. The minimum atomic E-state index is -0.539. The number of aromatic nitrogens is 2. The summed E-state index contributed by atoms with van der Waals surface area (Å²) in [5.74, 6) is -0.0764. The highest BCUT2D eigenvalue weighted by atomic mass is 127. The molecular weight excluding hydrogens is 337 g/mol. The van der Waals surface area contributed by atoms with Gasteiger partial charge in [-0.1, -0.05) is 0 Å². The van der Waals surface area contributed by atoms with Gasteiger partial charge in [-0.25, -0.2) is 4.79 Å². The van der Waals surface area contributed by atoms with Gasteiger partial charge in [0.15, 0.2) is 0 Å². The van der Waals surface area contributed by atoms with Gasteiger partial charge in [-0.2, -0.15) is 0 Å². The van der Waals surface area contributed by atoms with E-state index in [-0.39, 0.29) is 12.5 Å². The van der Waals surface area contributed by atoms with E-state index < -0.39 is 11.2 Å². The second-order valence-electron chi connectivity index (χ2n) is 3.95. The van der Waals surface area contributed by atoms with Crippen LogP contribution in [0.4, 0.5) is 0 Å². The normalized spacial score (nSPS) is 15.2. The minimum Gasteiger partial charge on any atom is -0.341 e. The molecule has 1 amide bonds. The molecule has 6 nitrogen and oxygen atoms in total. The third-order valence-electron chi connectivity index (χ3n) is 2.73. The van der Waals surface area contributed by atoms with E-state index in [9.17, 15) is 14.4 Å². The Hall–Kier alpha value is -1.12. The average molecular weight is 349 g/mol. The van der Waals surface area contributed by atoms with Gasteiger partial charge in [0.1, 0.15) is 6.54 Å². The predicted octanol–water partition coefficient (Wildman–Crippen LogP) is -0.236. The van der Waals surface area contributed by atoms with Crippen LogP contribution >= 0.6 is 22.6 Å². The Morgan fingerprint density at radius 3 is 2.65 bits per heavy atom. The standard InChI is InChI=1S/C10H12IN3O3/c11-7-5-14(10(17)12-9(7)16)6-8(15)13-3-1-2-4-13/h5H,1-4,6H2,(H,12,16,17). The lowest BCUT2D eigenvalue weighted by atomic mass is 10.4. The quantitative estimate of drug-likeness (QED) is 0.750. The van der Waals surface area contributed by atoms with Gasteiger partial charge < -0.3 is 4.90 Å². The van der Waals surface area contributed by atoms with E-state index in [0.717, 1.165) is 25.9 Å². The summed E-state index contributed by atoms with van der Waals surface area (Å²) in [5.41, 5.74) is -0.955. The minimum absolute atomic E-state index is 0.00832. The number of halogens is 1. The fourth-order valence-electron chi connectivity index (χ4n) is 1.81. The number of hydrogen-bond acceptors (Lipinski definition) is 3. The lowest BCUT2D eigenvalue weighted by Gasteiger charge is -2.15. The molecular formula is C10H12IN3O3. The topological polar surface area (TPSA) is 75.2 Å². The zero-order chi connectivity index (χ0) is 12.4. The largest absolute Gasteiger partial charge is 0.341 e. The second-order valence-corrected chi connectivity index (χ2v) is 5.11. The SMILES string of the molecule is O=C(Cn1cc(I)c(=O)[nH]c1=O)N1CCCC1. The molecule has 0 spiro atoms. The van der Waals surface area contributed by atoms with E-state index in [4.69, 9.17) is 0 Å². The summed E-state index contributed by atoms with van der Waals surface area (Å²) in [4.78, 5) is 38.4. The molecule has 0 aliphatic carbocycles. The summed E-state index contributed by atoms with van der Waals surface area (Å²) >= 11 is 1.83. The Labute approximate surface area is 111 Å². The first-order chi connectivity index (χ1) is 8.08. The van der Waals surface area contributed by atoms with Gasteiger partial charge in [-0.15, -0.1) is 0 Å². The molecule has 2 rings (SSSR count). The van der Waals surface area contributed by atoms with Gasteiger partial charge in [0.25, 0.3) is 5.56 Å². The van der Waals surface area contributed by atoms with Crippen molar-refractivity contribution >= 4 is 28.5 Å². The van der Waals surface area contributed by atoms with E-state index >= 15 is 0 Å². The van der Waals surface area contributed by atoms with Crippen LogP contribution in [0.5, 0.6) is 0 Å². The van der Waals surface area contributed by atoms with Crippen LogP contribution in [-0.2, 0) is 11.3 Å². The van der Waals surface area contributed by atoms with Crippen LogP contribution in [0, 0.1) is 3.57 Å². The van der Waals surface area contributed by atoms with Gasteiger partial charge in [0.2, 0.25) is 5.91 Å². The number of carbonyl (C=O) groups is 1. The number of nitrogens with zero attached hydrogens (tertiary/aromatic N) is 2. The van der Waals surface area contributed by atoms with Crippen molar-refractivity contribution in [3.05, 3.63) is 30.6 Å². The Bertz CT molecular complexity index is 542. The Balaban J connectivity index is 2.18. The lowest BCUT2D eigenvalue weighted by Crippen LogP contribution is -2.37. The molecule has 0 bridgehead atoms. The number of hydrogen-bond donors (Lipinski definition) is 1. The highest BCUT2D eigenvalue weighted by molar-refractivity contribution is 14.1. The monoisotopic (exact) mass is 349 g/mol. The molecule has 0 atom stereocenters. The van der Waals surface area contributed by atoms with Crippen molar-refractivity contribution in [2.45, 2.75) is 19.4 Å². The molecule has 7 heteroatoms. The van der Waals surface area contributed by atoms with Gasteiger partial charge in [0, 0.05) is 19.3 Å². The summed E-state index contributed by atoms with van der Waals surface area (Å²) in [7, 11) is 0. The highest BCUT2D eigenvalue weighted by Crippen LogP contribution is 2.07. The smallest absolute Gasteiger partial charge is 0.328 e. The van der Waals surface area contributed by atoms with Crippen LogP contribution in [-0.4, -0.2) is 33.4 Å². The summed E-state index contributed by atoms with van der Waals surface area (Å²) in [6.45, 7) is 1.51. The lowest BCUT2D eigenvalue weighted by molar-refractivity contribution is -0.130. The van der Waals surface area contributed by atoms with Crippen LogP contribution in [0.15, 0.2) is 15.8 Å². The van der Waals surface area contributed by atoms with Gasteiger partial charge in [0.05, 0.1) is 3.57 Å². The van der Waals surface area contributed by atoms with E-state index in [0.29, 0.717) is 3.57 Å². The molecule has 1 aromatic rings.